The number of ether oxygens (including phenoxy) is 1. The Bertz CT molecular complexity index is 885. The molecule has 33 heavy (non-hydrogen) atoms. The van der Waals surface area contributed by atoms with Crippen molar-refractivity contribution in [2.45, 2.75) is 83.5 Å². The van der Waals surface area contributed by atoms with Crippen LogP contribution in [0.2, 0.25) is 0 Å². The number of aromatic nitrogens is 1. The van der Waals surface area contributed by atoms with Gasteiger partial charge < -0.3 is 20.5 Å². The lowest BCUT2D eigenvalue weighted by Crippen LogP contribution is -2.45. The summed E-state index contributed by atoms with van der Waals surface area (Å²) in [5, 5.41) is 16.3. The average Bonchev–Trinajstić information content (AvgIpc) is 3.27. The Morgan fingerprint density at radius 3 is 2.52 bits per heavy atom. The van der Waals surface area contributed by atoms with Crippen molar-refractivity contribution in [3.63, 3.8) is 0 Å². The molecule has 2 rings (SSSR count). The zero-order chi connectivity index (χ0) is 24.4. The lowest BCUT2D eigenvalue weighted by Gasteiger charge is -2.23. The highest BCUT2D eigenvalue weighted by atomic mass is 32.1. The second-order valence-corrected chi connectivity index (χ2v) is 10.0. The highest BCUT2D eigenvalue weighted by Crippen LogP contribution is 2.30. The van der Waals surface area contributed by atoms with Crippen molar-refractivity contribution in [2.75, 3.05) is 12.4 Å². The van der Waals surface area contributed by atoms with E-state index in [1.54, 1.807) is 37.6 Å². The molecule has 1 heterocycles. The molecule has 3 atom stereocenters. The van der Waals surface area contributed by atoms with Gasteiger partial charge in [-0.2, -0.15) is 0 Å². The number of amides is 2. The summed E-state index contributed by atoms with van der Waals surface area (Å²) in [6, 6.07) is 7.91. The molecule has 0 spiro atoms. The predicted octanol–water partition coefficient (Wildman–Crippen LogP) is 4.80. The topological polar surface area (TPSA) is 101 Å². The Kier molecular flexibility index (Phi) is 10.5. The van der Waals surface area contributed by atoms with Gasteiger partial charge in [0.05, 0.1) is 5.60 Å². The standard InChI is InChI=1S/C25H37N3O4S/c1-6-11-19(27-23(31)21(29)18-13-8-7-9-14-18)22(30)28-24-26-16-20(33-24)17(2)12-10-15-25(3,4)32-5/h7-9,13-14,16-17,19,21,29H,6,10-12,15H2,1-5H3,(H,27,31)(H,26,28,30)/t17?,19-,21-/m0/s1. The third-order valence-corrected chi connectivity index (χ3v) is 6.93. The van der Waals surface area contributed by atoms with Crippen molar-refractivity contribution in [3.05, 3.63) is 47.0 Å². The lowest BCUT2D eigenvalue weighted by molar-refractivity contribution is -0.133. The van der Waals surface area contributed by atoms with E-state index in [4.69, 9.17) is 4.74 Å². The minimum Gasteiger partial charge on any atom is -0.379 e. The van der Waals surface area contributed by atoms with Crippen LogP contribution in [0.15, 0.2) is 36.5 Å². The average molecular weight is 476 g/mol. The molecule has 0 saturated heterocycles. The van der Waals surface area contributed by atoms with Crippen LogP contribution in [-0.2, 0) is 14.3 Å². The monoisotopic (exact) mass is 475 g/mol. The van der Waals surface area contributed by atoms with E-state index in [2.05, 4.69) is 36.4 Å². The molecule has 0 aliphatic heterocycles. The van der Waals surface area contributed by atoms with Crippen LogP contribution in [0.3, 0.4) is 0 Å². The van der Waals surface area contributed by atoms with Gasteiger partial charge in [0.25, 0.3) is 5.91 Å². The third kappa shape index (κ3) is 8.53. The lowest BCUT2D eigenvalue weighted by atomic mass is 9.96. The summed E-state index contributed by atoms with van der Waals surface area (Å²) < 4.78 is 5.48. The molecule has 3 N–H and O–H groups in total. The number of anilines is 1. The Morgan fingerprint density at radius 1 is 1.18 bits per heavy atom. The van der Waals surface area contributed by atoms with Crippen LogP contribution in [0.25, 0.3) is 0 Å². The molecule has 182 valence electrons. The van der Waals surface area contributed by atoms with Crippen LogP contribution in [0.1, 0.15) is 82.3 Å². The van der Waals surface area contributed by atoms with E-state index in [9.17, 15) is 14.7 Å². The van der Waals surface area contributed by atoms with Crippen molar-refractivity contribution in [1.29, 1.82) is 0 Å². The SMILES string of the molecule is CCC[C@H](NC(=O)[C@@H](O)c1ccccc1)C(=O)Nc1ncc(C(C)CCCC(C)(C)OC)s1. The zero-order valence-electron chi connectivity index (χ0n) is 20.3. The summed E-state index contributed by atoms with van der Waals surface area (Å²) in [7, 11) is 1.73. The molecule has 7 nitrogen and oxygen atoms in total. The maximum absolute atomic E-state index is 12.8. The Hall–Kier alpha value is -2.29. The van der Waals surface area contributed by atoms with Crippen molar-refractivity contribution in [3.8, 4) is 0 Å². The zero-order valence-corrected chi connectivity index (χ0v) is 21.1. The van der Waals surface area contributed by atoms with Crippen molar-refractivity contribution < 1.29 is 19.4 Å². The number of nitrogens with zero attached hydrogens (tertiary/aromatic N) is 1. The number of hydrogen-bond acceptors (Lipinski definition) is 6. The number of hydrogen-bond donors (Lipinski definition) is 3. The Labute approximate surface area is 201 Å². The predicted molar refractivity (Wildman–Crippen MR) is 132 cm³/mol. The van der Waals surface area contributed by atoms with Gasteiger partial charge in [0.1, 0.15) is 6.04 Å². The Balaban J connectivity index is 1.93. The molecule has 1 unspecified atom stereocenters. The van der Waals surface area contributed by atoms with Gasteiger partial charge in [0, 0.05) is 18.2 Å². The molecule has 2 aromatic rings. The summed E-state index contributed by atoms with van der Waals surface area (Å²) in [4.78, 5) is 30.8. The number of methoxy groups -OCH3 is 1. The largest absolute Gasteiger partial charge is 0.379 e. The fourth-order valence-corrected chi connectivity index (χ4v) is 4.34. The van der Waals surface area contributed by atoms with Crippen LogP contribution >= 0.6 is 11.3 Å². The van der Waals surface area contributed by atoms with Gasteiger partial charge >= 0.3 is 0 Å². The summed E-state index contributed by atoms with van der Waals surface area (Å²) in [5.41, 5.74) is 0.359. The summed E-state index contributed by atoms with van der Waals surface area (Å²) in [6.07, 6.45) is 4.67. The highest BCUT2D eigenvalue weighted by molar-refractivity contribution is 7.15. The van der Waals surface area contributed by atoms with E-state index < -0.39 is 18.1 Å². The molecule has 0 aliphatic carbocycles. The van der Waals surface area contributed by atoms with Crippen LogP contribution < -0.4 is 10.6 Å². The number of benzene rings is 1. The smallest absolute Gasteiger partial charge is 0.254 e. The van der Waals surface area contributed by atoms with Gasteiger partial charge in [0.2, 0.25) is 5.91 Å². The first kappa shape index (κ1) is 27.0. The highest BCUT2D eigenvalue weighted by Gasteiger charge is 2.25. The molecule has 1 aromatic carbocycles. The number of rotatable bonds is 13. The summed E-state index contributed by atoms with van der Waals surface area (Å²) in [6.45, 7) is 8.27. The first-order chi connectivity index (χ1) is 15.7. The van der Waals surface area contributed by atoms with Gasteiger partial charge in [-0.15, -0.1) is 11.3 Å². The van der Waals surface area contributed by atoms with E-state index in [0.717, 1.165) is 24.1 Å². The number of thiazole rings is 1. The molecular weight excluding hydrogens is 438 g/mol. The van der Waals surface area contributed by atoms with Crippen molar-refractivity contribution >= 4 is 28.3 Å². The van der Waals surface area contributed by atoms with Gasteiger partial charge in [-0.1, -0.05) is 50.6 Å². The first-order valence-corrected chi connectivity index (χ1v) is 12.3. The molecule has 1 aromatic heterocycles. The van der Waals surface area contributed by atoms with Gasteiger partial charge in [-0.3, -0.25) is 9.59 Å². The third-order valence-electron chi connectivity index (χ3n) is 5.78. The van der Waals surface area contributed by atoms with Crippen molar-refractivity contribution in [1.82, 2.24) is 10.3 Å². The number of carbonyl (C=O) groups is 2. The van der Waals surface area contributed by atoms with E-state index in [0.29, 0.717) is 29.5 Å². The second kappa shape index (κ2) is 12.8. The number of aliphatic hydroxyl groups is 1. The van der Waals surface area contributed by atoms with Crippen molar-refractivity contribution in [2.24, 2.45) is 0 Å². The molecule has 0 aliphatic rings. The maximum Gasteiger partial charge on any atom is 0.254 e. The van der Waals surface area contributed by atoms with Gasteiger partial charge in [-0.25, -0.2) is 4.98 Å². The fraction of sp³-hybridized carbons (Fsp3) is 0.560. The van der Waals surface area contributed by atoms with E-state index in [1.165, 1.54) is 11.3 Å². The molecular formula is C25H37N3O4S. The quantitative estimate of drug-likeness (QED) is 0.386. The van der Waals surface area contributed by atoms with Gasteiger partial charge in [0.15, 0.2) is 11.2 Å². The maximum atomic E-state index is 12.8. The van der Waals surface area contributed by atoms with Gasteiger partial charge in [-0.05, 0) is 51.0 Å². The fourth-order valence-electron chi connectivity index (χ4n) is 3.44. The minimum atomic E-state index is -1.33. The molecule has 8 heteroatoms. The van der Waals surface area contributed by atoms with E-state index >= 15 is 0 Å². The molecule has 0 fully saturated rings. The summed E-state index contributed by atoms with van der Waals surface area (Å²) >= 11 is 1.45. The number of nitrogens with one attached hydrogen (secondary N) is 2. The van der Waals surface area contributed by atoms with E-state index in [1.807, 2.05) is 13.0 Å². The van der Waals surface area contributed by atoms with Crippen LogP contribution in [0, 0.1) is 0 Å². The molecule has 2 amide bonds. The van der Waals surface area contributed by atoms with Crippen LogP contribution in [0.5, 0.6) is 0 Å². The normalized spacial score (nSPS) is 14.4. The summed E-state index contributed by atoms with van der Waals surface area (Å²) in [5.74, 6) is -0.601. The van der Waals surface area contributed by atoms with Crippen LogP contribution in [0.4, 0.5) is 5.13 Å². The number of carbonyl (C=O) groups excluding carboxylic acids is 2. The minimum absolute atomic E-state index is 0.126. The molecule has 0 radical (unpaired) electrons. The Morgan fingerprint density at radius 2 is 1.88 bits per heavy atom. The number of aliphatic hydroxyl groups excluding tert-OH is 1. The second-order valence-electron chi connectivity index (χ2n) is 8.98. The van der Waals surface area contributed by atoms with E-state index in [-0.39, 0.29) is 11.5 Å². The molecule has 0 saturated carbocycles. The molecule has 0 bridgehead atoms. The first-order valence-electron chi connectivity index (χ1n) is 11.5. The van der Waals surface area contributed by atoms with Crippen LogP contribution in [-0.4, -0.2) is 40.7 Å².